The van der Waals surface area contributed by atoms with Crippen LogP contribution in [0.2, 0.25) is 0 Å². The lowest BCUT2D eigenvalue weighted by atomic mass is 9.96. The second-order valence-corrected chi connectivity index (χ2v) is 5.69. The Balaban J connectivity index is 1.82. The predicted molar refractivity (Wildman–Crippen MR) is 78.7 cm³/mol. The van der Waals surface area contributed by atoms with Gasteiger partial charge in [-0.3, -0.25) is 0 Å². The standard InChI is InChI=1S/C15H22N2O4/c16-12-8-11(15(18,19)21-14-2-1-3-14)9-13(10-12)17-4-6-20-7-5-17/h8-10,14,18-19H,1-7,16H2. The Bertz CT molecular complexity index is 496. The van der Waals surface area contributed by atoms with E-state index in [2.05, 4.69) is 4.90 Å². The Morgan fingerprint density at radius 2 is 1.90 bits per heavy atom. The fourth-order valence-corrected chi connectivity index (χ4v) is 2.62. The highest BCUT2D eigenvalue weighted by molar-refractivity contribution is 5.59. The number of rotatable bonds is 4. The molecule has 1 aliphatic heterocycles. The first kappa shape index (κ1) is 14.6. The highest BCUT2D eigenvalue weighted by Gasteiger charge is 2.34. The number of benzene rings is 1. The van der Waals surface area contributed by atoms with Crippen molar-refractivity contribution in [1.29, 1.82) is 0 Å². The van der Waals surface area contributed by atoms with Gasteiger partial charge >= 0.3 is 5.97 Å². The van der Waals surface area contributed by atoms with E-state index in [1.807, 2.05) is 6.07 Å². The molecular weight excluding hydrogens is 272 g/mol. The number of morpholine rings is 1. The number of nitrogens with two attached hydrogens (primary N) is 1. The molecule has 1 saturated carbocycles. The summed E-state index contributed by atoms with van der Waals surface area (Å²) in [6, 6.07) is 5.09. The second kappa shape index (κ2) is 5.81. The number of hydrogen-bond donors (Lipinski definition) is 3. The van der Waals surface area contributed by atoms with E-state index in [0.717, 1.165) is 38.0 Å². The van der Waals surface area contributed by atoms with E-state index in [0.29, 0.717) is 18.9 Å². The highest BCUT2D eigenvalue weighted by Crippen LogP contribution is 2.33. The average Bonchev–Trinajstić information content (AvgIpc) is 2.43. The molecule has 2 aliphatic rings. The van der Waals surface area contributed by atoms with E-state index in [9.17, 15) is 10.2 Å². The van der Waals surface area contributed by atoms with Crippen LogP contribution in [0, 0.1) is 0 Å². The van der Waals surface area contributed by atoms with E-state index in [4.69, 9.17) is 15.2 Å². The van der Waals surface area contributed by atoms with Gasteiger partial charge in [-0.25, -0.2) is 0 Å². The van der Waals surface area contributed by atoms with Crippen LogP contribution in [0.4, 0.5) is 11.4 Å². The lowest BCUT2D eigenvalue weighted by Crippen LogP contribution is -2.38. The zero-order chi connectivity index (χ0) is 14.9. The lowest BCUT2D eigenvalue weighted by molar-refractivity contribution is -0.373. The summed E-state index contributed by atoms with van der Waals surface area (Å²) < 4.78 is 10.7. The number of ether oxygens (including phenoxy) is 2. The van der Waals surface area contributed by atoms with Crippen molar-refractivity contribution in [2.45, 2.75) is 31.3 Å². The van der Waals surface area contributed by atoms with E-state index in [1.54, 1.807) is 12.1 Å². The normalized spacial score (nSPS) is 20.4. The van der Waals surface area contributed by atoms with Crippen LogP contribution >= 0.6 is 0 Å². The zero-order valence-electron chi connectivity index (χ0n) is 12.0. The van der Waals surface area contributed by atoms with E-state index in [-0.39, 0.29) is 11.7 Å². The van der Waals surface area contributed by atoms with Crippen LogP contribution in [-0.4, -0.2) is 42.6 Å². The fraction of sp³-hybridized carbons (Fsp3) is 0.600. The molecule has 0 aromatic heterocycles. The summed E-state index contributed by atoms with van der Waals surface area (Å²) in [5, 5.41) is 20.4. The van der Waals surface area contributed by atoms with Gasteiger partial charge in [0, 0.05) is 30.0 Å². The summed E-state index contributed by atoms with van der Waals surface area (Å²) in [4.78, 5) is 2.11. The third-order valence-corrected chi connectivity index (χ3v) is 4.08. The van der Waals surface area contributed by atoms with Gasteiger partial charge < -0.3 is 30.3 Å². The van der Waals surface area contributed by atoms with Crippen molar-refractivity contribution in [3.8, 4) is 0 Å². The van der Waals surface area contributed by atoms with Gasteiger partial charge in [-0.15, -0.1) is 0 Å². The maximum atomic E-state index is 10.2. The number of aliphatic hydroxyl groups is 2. The van der Waals surface area contributed by atoms with Crippen LogP contribution in [0.25, 0.3) is 0 Å². The molecule has 2 fully saturated rings. The van der Waals surface area contributed by atoms with Gasteiger partial charge in [0.1, 0.15) is 0 Å². The molecule has 0 atom stereocenters. The van der Waals surface area contributed by atoms with E-state index >= 15 is 0 Å². The Morgan fingerprint density at radius 1 is 1.19 bits per heavy atom. The maximum Gasteiger partial charge on any atom is 0.307 e. The maximum absolute atomic E-state index is 10.2. The molecule has 4 N–H and O–H groups in total. The zero-order valence-corrected chi connectivity index (χ0v) is 12.0. The molecule has 21 heavy (non-hydrogen) atoms. The van der Waals surface area contributed by atoms with Crippen molar-refractivity contribution in [3.05, 3.63) is 23.8 Å². The topological polar surface area (TPSA) is 88.2 Å². The Kier molecular flexibility index (Phi) is 4.03. The first-order valence-electron chi connectivity index (χ1n) is 7.41. The first-order chi connectivity index (χ1) is 10.0. The van der Waals surface area contributed by atoms with Crippen molar-refractivity contribution in [1.82, 2.24) is 0 Å². The van der Waals surface area contributed by atoms with Crippen LogP contribution in [0.1, 0.15) is 24.8 Å². The summed E-state index contributed by atoms with van der Waals surface area (Å²) in [7, 11) is 0. The van der Waals surface area contributed by atoms with E-state index < -0.39 is 5.97 Å². The van der Waals surface area contributed by atoms with Gasteiger partial charge in [0.05, 0.1) is 19.3 Å². The van der Waals surface area contributed by atoms with Crippen molar-refractivity contribution >= 4 is 11.4 Å². The summed E-state index contributed by atoms with van der Waals surface area (Å²) in [6.07, 6.45) is 2.70. The molecule has 0 unspecified atom stereocenters. The number of anilines is 2. The van der Waals surface area contributed by atoms with Gasteiger partial charge in [-0.05, 0) is 37.5 Å². The minimum Gasteiger partial charge on any atom is -0.399 e. The molecule has 6 nitrogen and oxygen atoms in total. The van der Waals surface area contributed by atoms with Crippen molar-refractivity contribution < 1.29 is 19.7 Å². The molecule has 0 spiro atoms. The van der Waals surface area contributed by atoms with Crippen molar-refractivity contribution in [2.75, 3.05) is 36.9 Å². The highest BCUT2D eigenvalue weighted by atomic mass is 16.8. The van der Waals surface area contributed by atoms with Gasteiger partial charge in [-0.1, -0.05) is 0 Å². The van der Waals surface area contributed by atoms with Crippen molar-refractivity contribution in [3.63, 3.8) is 0 Å². The molecule has 6 heteroatoms. The second-order valence-electron chi connectivity index (χ2n) is 5.69. The molecule has 0 radical (unpaired) electrons. The molecule has 116 valence electrons. The first-order valence-corrected chi connectivity index (χ1v) is 7.41. The molecular formula is C15H22N2O4. The predicted octanol–water partition coefficient (Wildman–Crippen LogP) is 0.769. The van der Waals surface area contributed by atoms with Crippen molar-refractivity contribution in [2.24, 2.45) is 0 Å². The third-order valence-electron chi connectivity index (χ3n) is 4.08. The Morgan fingerprint density at radius 3 is 2.52 bits per heavy atom. The van der Waals surface area contributed by atoms with E-state index in [1.165, 1.54) is 0 Å². The largest absolute Gasteiger partial charge is 0.399 e. The SMILES string of the molecule is Nc1cc(N2CCOCC2)cc(C(O)(O)OC2CCC2)c1. The van der Waals surface area contributed by atoms with Gasteiger partial charge in [0.25, 0.3) is 0 Å². The minimum absolute atomic E-state index is 0.0896. The van der Waals surface area contributed by atoms with Gasteiger partial charge in [0.2, 0.25) is 0 Å². The van der Waals surface area contributed by atoms with Crippen LogP contribution in [-0.2, 0) is 15.4 Å². The van der Waals surface area contributed by atoms with Crippen LogP contribution < -0.4 is 10.6 Å². The molecule has 1 aromatic carbocycles. The summed E-state index contributed by atoms with van der Waals surface area (Å²) >= 11 is 0. The fourth-order valence-electron chi connectivity index (χ4n) is 2.62. The molecule has 3 rings (SSSR count). The number of hydrogen-bond acceptors (Lipinski definition) is 6. The summed E-state index contributed by atoms with van der Waals surface area (Å²) in [5.41, 5.74) is 7.52. The Labute approximate surface area is 124 Å². The number of nitrogens with zero attached hydrogens (tertiary/aromatic N) is 1. The molecule has 1 aromatic rings. The molecule has 1 aliphatic carbocycles. The van der Waals surface area contributed by atoms with Crippen LogP contribution in [0.5, 0.6) is 0 Å². The third kappa shape index (κ3) is 3.29. The smallest absolute Gasteiger partial charge is 0.307 e. The monoisotopic (exact) mass is 294 g/mol. The van der Waals surface area contributed by atoms with Crippen LogP contribution in [0.15, 0.2) is 18.2 Å². The Hall–Kier alpha value is -1.34. The average molecular weight is 294 g/mol. The molecule has 1 heterocycles. The minimum atomic E-state index is -2.29. The quantitative estimate of drug-likeness (QED) is 0.561. The number of nitrogen functional groups attached to an aromatic ring is 1. The summed E-state index contributed by atoms with van der Waals surface area (Å²) in [5.74, 6) is -2.29. The van der Waals surface area contributed by atoms with Gasteiger partial charge in [-0.2, -0.15) is 0 Å². The van der Waals surface area contributed by atoms with Gasteiger partial charge in [0.15, 0.2) is 0 Å². The summed E-state index contributed by atoms with van der Waals surface area (Å²) in [6.45, 7) is 2.84. The van der Waals surface area contributed by atoms with Crippen LogP contribution in [0.3, 0.4) is 0 Å². The molecule has 1 saturated heterocycles. The molecule has 0 bridgehead atoms. The molecule has 0 amide bonds. The lowest BCUT2D eigenvalue weighted by Gasteiger charge is -2.34.